The molecule has 4 rings (SSSR count). The van der Waals surface area contributed by atoms with Crippen molar-refractivity contribution in [1.29, 1.82) is 5.26 Å². The largest absolute Gasteiger partial charge is 0.432 e. The number of allylic oxidation sites excluding steroid dienone is 2. The lowest BCUT2D eigenvalue weighted by atomic mass is 9.79. The number of halogens is 4. The number of fused-ring (bicyclic) bond motifs is 2. The maximum Gasteiger partial charge on any atom is 0.429 e. The second-order valence-corrected chi connectivity index (χ2v) is 11.0. The fraction of sp³-hybridized carbons (Fsp3) is 0.500. The van der Waals surface area contributed by atoms with Gasteiger partial charge in [-0.2, -0.15) is 18.4 Å². The van der Waals surface area contributed by atoms with E-state index in [0.29, 0.717) is 17.7 Å². The van der Waals surface area contributed by atoms with E-state index in [1.807, 2.05) is 6.07 Å². The van der Waals surface area contributed by atoms with Crippen molar-refractivity contribution in [2.45, 2.75) is 69.8 Å². The molecule has 1 aromatic carbocycles. The van der Waals surface area contributed by atoms with Crippen molar-refractivity contribution in [3.63, 3.8) is 0 Å². The molecule has 3 amide bonds. The van der Waals surface area contributed by atoms with Gasteiger partial charge in [0.05, 0.1) is 11.5 Å². The summed E-state index contributed by atoms with van der Waals surface area (Å²) in [5.41, 5.74) is -0.903. The van der Waals surface area contributed by atoms with E-state index in [0.717, 1.165) is 4.90 Å². The molecule has 2 N–H and O–H groups in total. The molecule has 5 atom stereocenters. The Kier molecular flexibility index (Phi) is 7.97. The number of rotatable bonds is 6. The van der Waals surface area contributed by atoms with Gasteiger partial charge in [0.25, 0.3) is 0 Å². The van der Waals surface area contributed by atoms with Crippen LogP contribution in [0.3, 0.4) is 0 Å². The van der Waals surface area contributed by atoms with Crippen LogP contribution in [0.1, 0.15) is 45.6 Å². The third-order valence-electron chi connectivity index (χ3n) is 7.39. The number of likely N-dealkylation sites (tertiary alicyclic amines) is 1. The van der Waals surface area contributed by atoms with Crippen LogP contribution in [0.25, 0.3) is 0 Å². The Morgan fingerprint density at radius 1 is 1.32 bits per heavy atom. The van der Waals surface area contributed by atoms with Crippen LogP contribution in [0.4, 0.5) is 28.0 Å². The highest BCUT2D eigenvalue weighted by molar-refractivity contribution is 6.07. The van der Waals surface area contributed by atoms with Crippen LogP contribution >= 0.6 is 0 Å². The minimum absolute atomic E-state index is 0.0311. The van der Waals surface area contributed by atoms with Gasteiger partial charge >= 0.3 is 12.3 Å². The summed E-state index contributed by atoms with van der Waals surface area (Å²) in [7, 11) is 0. The molecule has 1 aromatic rings. The predicted molar refractivity (Wildman–Crippen MR) is 136 cm³/mol. The molecule has 12 heteroatoms. The fourth-order valence-electron chi connectivity index (χ4n) is 5.54. The monoisotopic (exact) mass is 562 g/mol. The van der Waals surface area contributed by atoms with Crippen LogP contribution in [0, 0.1) is 29.0 Å². The minimum Gasteiger partial charge on any atom is -0.432 e. The second kappa shape index (κ2) is 10.9. The Morgan fingerprint density at radius 3 is 2.67 bits per heavy atom. The average molecular weight is 563 g/mol. The summed E-state index contributed by atoms with van der Waals surface area (Å²) in [5.74, 6) is -2.19. The number of benzene rings is 1. The first-order valence-electron chi connectivity index (χ1n) is 13.0. The van der Waals surface area contributed by atoms with Gasteiger partial charge in [-0.15, -0.1) is 0 Å². The molecule has 2 heterocycles. The van der Waals surface area contributed by atoms with Crippen molar-refractivity contribution < 1.29 is 36.7 Å². The van der Waals surface area contributed by atoms with Crippen molar-refractivity contribution in [2.24, 2.45) is 11.8 Å². The number of alkyl halides is 3. The molecule has 1 spiro atoms. The molecule has 1 aliphatic carbocycles. The molecular weight excluding hydrogens is 532 g/mol. The Balaban J connectivity index is 1.57. The summed E-state index contributed by atoms with van der Waals surface area (Å²) >= 11 is 0. The fourth-order valence-corrected chi connectivity index (χ4v) is 5.54. The summed E-state index contributed by atoms with van der Waals surface area (Å²) in [6, 6.07) is 3.33. The zero-order valence-electron chi connectivity index (χ0n) is 22.2. The highest BCUT2D eigenvalue weighted by atomic mass is 19.4. The summed E-state index contributed by atoms with van der Waals surface area (Å²) in [4.78, 5) is 40.6. The lowest BCUT2D eigenvalue weighted by Gasteiger charge is -2.29. The normalized spacial score (nSPS) is 25.2. The molecule has 40 heavy (non-hydrogen) atoms. The van der Waals surface area contributed by atoms with Crippen molar-refractivity contribution in [3.05, 3.63) is 53.4 Å². The third-order valence-corrected chi connectivity index (χ3v) is 7.39. The van der Waals surface area contributed by atoms with Gasteiger partial charge in [0.15, 0.2) is 0 Å². The number of nitriles is 1. The molecule has 1 fully saturated rings. The highest BCUT2D eigenvalue weighted by Crippen LogP contribution is 2.46. The van der Waals surface area contributed by atoms with Crippen molar-refractivity contribution >= 4 is 23.6 Å². The van der Waals surface area contributed by atoms with Crippen LogP contribution in [0.5, 0.6) is 0 Å². The van der Waals surface area contributed by atoms with Gasteiger partial charge in [-0.1, -0.05) is 39.0 Å². The van der Waals surface area contributed by atoms with Crippen LogP contribution < -0.4 is 10.6 Å². The van der Waals surface area contributed by atoms with Gasteiger partial charge in [0.1, 0.15) is 17.9 Å². The minimum atomic E-state index is -4.89. The van der Waals surface area contributed by atoms with Gasteiger partial charge in [0.2, 0.25) is 17.9 Å². The number of hydrogen-bond acceptors (Lipinski definition) is 5. The number of carbonyl (C=O) groups is 3. The van der Waals surface area contributed by atoms with E-state index < -0.39 is 53.5 Å². The van der Waals surface area contributed by atoms with Gasteiger partial charge in [-0.3, -0.25) is 9.59 Å². The molecule has 0 aromatic heterocycles. The Morgan fingerprint density at radius 2 is 2.05 bits per heavy atom. The quantitative estimate of drug-likeness (QED) is 0.487. The molecular formula is C28H30F4N4O4. The molecule has 3 aliphatic rings. The van der Waals surface area contributed by atoms with E-state index in [1.54, 1.807) is 26.8 Å². The maximum atomic E-state index is 14.1. The molecule has 8 nitrogen and oxygen atoms in total. The summed E-state index contributed by atoms with van der Waals surface area (Å²) < 4.78 is 60.4. The number of nitrogens with zero attached hydrogens (tertiary/aromatic N) is 2. The lowest BCUT2D eigenvalue weighted by Crippen LogP contribution is -2.52. The van der Waals surface area contributed by atoms with Gasteiger partial charge < -0.3 is 20.3 Å². The topological polar surface area (TPSA) is 112 Å². The first-order valence-corrected chi connectivity index (χ1v) is 13.0. The number of nitrogens with one attached hydrogen (secondary N) is 2. The standard InChI is InChI=1S/C28H30F4N4O4/c1-15(2)9-22(35-26(39)40-23(28(30,31)32)17-6-4-5-16(3)10-17)24(37)36-14-27(12-19(36)13-33)20-11-18(29)7-8-21(20)34-25(27)38/h4,6-8,10-11,15-16,19,22-23H,5,9,12,14H2,1-3H3,(H,34,38)(H,35,39)/t16?,19-,22-,23-,27-/m0/s1. The first-order chi connectivity index (χ1) is 18.7. The number of carbonyl (C=O) groups excluding carboxylic acids is 3. The number of amides is 3. The Labute approximate surface area is 229 Å². The van der Waals surface area contributed by atoms with Gasteiger partial charge in [-0.25, -0.2) is 9.18 Å². The Hall–Kier alpha value is -3.88. The number of ether oxygens (including phenoxy) is 1. The number of hydrogen-bond donors (Lipinski definition) is 2. The van der Waals surface area contributed by atoms with Gasteiger partial charge in [-0.05, 0) is 54.0 Å². The smallest absolute Gasteiger partial charge is 0.429 e. The van der Waals surface area contributed by atoms with E-state index in [4.69, 9.17) is 4.74 Å². The molecule has 1 unspecified atom stereocenters. The van der Waals surface area contributed by atoms with E-state index in [9.17, 15) is 37.2 Å². The van der Waals surface area contributed by atoms with E-state index >= 15 is 0 Å². The zero-order valence-corrected chi connectivity index (χ0v) is 22.2. The van der Waals surface area contributed by atoms with Crippen LogP contribution in [-0.2, 0) is 19.7 Å². The summed E-state index contributed by atoms with van der Waals surface area (Å²) in [6.45, 7) is 4.97. The third kappa shape index (κ3) is 5.69. The SMILES string of the molecule is CC(C)C[C@H](NC(=O)O[C@@H](C1=CC(C)CC=C1)C(F)(F)F)C(=O)N1C[C@]2(C[C@H]1C#N)C(=O)Nc1ccc(F)cc12. The molecule has 214 valence electrons. The maximum absolute atomic E-state index is 14.1. The van der Waals surface area contributed by atoms with Gasteiger partial charge in [0, 0.05) is 18.7 Å². The number of anilines is 1. The zero-order chi connectivity index (χ0) is 29.4. The van der Waals surface area contributed by atoms with Crippen LogP contribution in [0.2, 0.25) is 0 Å². The second-order valence-electron chi connectivity index (χ2n) is 11.0. The first kappa shape index (κ1) is 29.1. The van der Waals surface area contributed by atoms with Crippen LogP contribution in [0.15, 0.2) is 42.0 Å². The van der Waals surface area contributed by atoms with Crippen molar-refractivity contribution in [2.75, 3.05) is 11.9 Å². The van der Waals surface area contributed by atoms with E-state index in [2.05, 4.69) is 10.6 Å². The summed E-state index contributed by atoms with van der Waals surface area (Å²) in [6.07, 6.45) is -4.17. The molecule has 1 saturated heterocycles. The highest BCUT2D eigenvalue weighted by Gasteiger charge is 2.57. The summed E-state index contributed by atoms with van der Waals surface area (Å²) in [5, 5.41) is 14.8. The van der Waals surface area contributed by atoms with E-state index in [1.165, 1.54) is 30.4 Å². The lowest BCUT2D eigenvalue weighted by molar-refractivity contribution is -0.190. The molecule has 2 aliphatic heterocycles. The van der Waals surface area contributed by atoms with Crippen LogP contribution in [-0.4, -0.2) is 53.7 Å². The van der Waals surface area contributed by atoms with E-state index in [-0.39, 0.29) is 36.8 Å². The Bertz CT molecular complexity index is 1300. The molecule has 0 saturated carbocycles. The number of alkyl carbamates (subject to hydrolysis) is 1. The molecule has 0 radical (unpaired) electrons. The average Bonchev–Trinajstić information content (AvgIpc) is 3.39. The van der Waals surface area contributed by atoms with Crippen molar-refractivity contribution in [1.82, 2.24) is 10.2 Å². The van der Waals surface area contributed by atoms with Crippen molar-refractivity contribution in [3.8, 4) is 6.07 Å². The predicted octanol–water partition coefficient (Wildman–Crippen LogP) is 4.73. The molecule has 0 bridgehead atoms.